The second kappa shape index (κ2) is 5.24. The largest absolute Gasteiger partial charge is 0.366 e. The number of nitrogens with zero attached hydrogens (tertiary/aromatic N) is 1. The molecule has 0 aliphatic heterocycles. The Kier molecular flexibility index (Phi) is 3.88. The van der Waals surface area contributed by atoms with Gasteiger partial charge in [0.05, 0.1) is 0 Å². The monoisotopic (exact) mass is 263 g/mol. The van der Waals surface area contributed by atoms with Crippen molar-refractivity contribution in [3.05, 3.63) is 23.7 Å². The number of rotatable bonds is 4. The molecule has 2 aromatic rings. The molecule has 3 N–H and O–H groups in total. The maximum atomic E-state index is 5.71. The van der Waals surface area contributed by atoms with Gasteiger partial charge < -0.3 is 11.1 Å². The van der Waals surface area contributed by atoms with Crippen LogP contribution < -0.4 is 11.1 Å². The number of thiophene rings is 1. The van der Waals surface area contributed by atoms with Crippen LogP contribution in [0.5, 0.6) is 0 Å². The average Bonchev–Trinajstić information content (AvgIpc) is 2.76. The molecule has 0 amide bonds. The van der Waals surface area contributed by atoms with E-state index in [0.29, 0.717) is 12.6 Å². The number of pyridine rings is 1. The molecule has 2 aromatic heterocycles. The fourth-order valence-corrected chi connectivity index (χ4v) is 2.84. The van der Waals surface area contributed by atoms with Crippen molar-refractivity contribution in [2.24, 2.45) is 11.1 Å². The predicted octanol–water partition coefficient (Wildman–Crippen LogP) is 3.47. The highest BCUT2D eigenvalue weighted by molar-refractivity contribution is 7.17. The number of hydrogen-bond donors (Lipinski definition) is 2. The van der Waals surface area contributed by atoms with Crippen LogP contribution in [0.2, 0.25) is 0 Å². The molecule has 0 aromatic carbocycles. The van der Waals surface area contributed by atoms with E-state index in [4.69, 9.17) is 5.73 Å². The summed E-state index contributed by atoms with van der Waals surface area (Å²) in [6, 6.07) is 4.51. The number of aromatic nitrogens is 1. The third-order valence-corrected chi connectivity index (χ3v) is 4.07. The van der Waals surface area contributed by atoms with Gasteiger partial charge in [0.15, 0.2) is 0 Å². The minimum atomic E-state index is 0.166. The zero-order valence-electron chi connectivity index (χ0n) is 11.2. The summed E-state index contributed by atoms with van der Waals surface area (Å²) in [6.07, 6.45) is 2.81. The van der Waals surface area contributed by atoms with Crippen molar-refractivity contribution in [3.8, 4) is 0 Å². The van der Waals surface area contributed by atoms with Gasteiger partial charge in [-0.1, -0.05) is 20.8 Å². The van der Waals surface area contributed by atoms with Crippen LogP contribution in [0.25, 0.3) is 10.1 Å². The summed E-state index contributed by atoms with van der Waals surface area (Å²) in [7, 11) is 0. The summed E-state index contributed by atoms with van der Waals surface area (Å²) in [4.78, 5) is 4.47. The van der Waals surface area contributed by atoms with Crippen LogP contribution in [0.1, 0.15) is 27.2 Å². The average molecular weight is 263 g/mol. The lowest BCUT2D eigenvalue weighted by Crippen LogP contribution is -2.36. The molecule has 0 radical (unpaired) electrons. The maximum absolute atomic E-state index is 5.71. The van der Waals surface area contributed by atoms with Crippen LogP contribution in [0.3, 0.4) is 0 Å². The number of anilines is 1. The Morgan fingerprint density at radius 3 is 2.83 bits per heavy atom. The zero-order chi connectivity index (χ0) is 13.2. The quantitative estimate of drug-likeness (QED) is 0.888. The summed E-state index contributed by atoms with van der Waals surface area (Å²) in [6.45, 7) is 7.38. The Hall–Kier alpha value is -1.13. The highest BCUT2D eigenvalue weighted by Gasteiger charge is 2.24. The SMILES string of the molecule is CC(C)(C)C(CCN)Nc1nccc2sccc12. The molecule has 0 fully saturated rings. The van der Waals surface area contributed by atoms with Crippen molar-refractivity contribution in [2.45, 2.75) is 33.2 Å². The Labute approximate surface area is 112 Å². The second-order valence-corrected chi connectivity index (χ2v) is 6.58. The molecule has 98 valence electrons. The van der Waals surface area contributed by atoms with Gasteiger partial charge in [0.2, 0.25) is 0 Å². The van der Waals surface area contributed by atoms with Crippen molar-refractivity contribution in [3.63, 3.8) is 0 Å². The second-order valence-electron chi connectivity index (χ2n) is 5.63. The third-order valence-electron chi connectivity index (χ3n) is 3.19. The molecule has 0 aliphatic carbocycles. The highest BCUT2D eigenvalue weighted by Crippen LogP contribution is 2.30. The van der Waals surface area contributed by atoms with Gasteiger partial charge in [-0.05, 0) is 35.9 Å². The molecule has 0 bridgehead atoms. The molecule has 3 nitrogen and oxygen atoms in total. The van der Waals surface area contributed by atoms with Crippen LogP contribution in [-0.2, 0) is 0 Å². The molecule has 1 unspecified atom stereocenters. The van der Waals surface area contributed by atoms with Gasteiger partial charge >= 0.3 is 0 Å². The summed E-state index contributed by atoms with van der Waals surface area (Å²) in [5.41, 5.74) is 5.88. The predicted molar refractivity (Wildman–Crippen MR) is 80.2 cm³/mol. The summed E-state index contributed by atoms with van der Waals surface area (Å²) >= 11 is 1.74. The van der Waals surface area contributed by atoms with Gasteiger partial charge in [-0.2, -0.15) is 0 Å². The van der Waals surface area contributed by atoms with E-state index in [9.17, 15) is 0 Å². The normalized spacial score (nSPS) is 13.8. The molecule has 0 spiro atoms. The third kappa shape index (κ3) is 2.82. The van der Waals surface area contributed by atoms with E-state index in [0.717, 1.165) is 12.2 Å². The Morgan fingerprint density at radius 2 is 2.17 bits per heavy atom. The maximum Gasteiger partial charge on any atom is 0.134 e. The van der Waals surface area contributed by atoms with E-state index in [1.807, 2.05) is 6.20 Å². The molecule has 1 atom stereocenters. The van der Waals surface area contributed by atoms with Crippen LogP contribution in [0.4, 0.5) is 5.82 Å². The Bertz CT molecular complexity index is 513. The van der Waals surface area contributed by atoms with E-state index in [1.54, 1.807) is 11.3 Å². The van der Waals surface area contributed by atoms with E-state index in [1.165, 1.54) is 10.1 Å². The van der Waals surface area contributed by atoms with Crippen LogP contribution in [-0.4, -0.2) is 17.6 Å². The van der Waals surface area contributed by atoms with Crippen molar-refractivity contribution >= 4 is 27.2 Å². The van der Waals surface area contributed by atoms with E-state index < -0.39 is 0 Å². The van der Waals surface area contributed by atoms with Gasteiger partial charge in [0.25, 0.3) is 0 Å². The number of fused-ring (bicyclic) bond motifs is 1. The molecule has 18 heavy (non-hydrogen) atoms. The molecular weight excluding hydrogens is 242 g/mol. The van der Waals surface area contributed by atoms with Crippen LogP contribution in [0.15, 0.2) is 23.7 Å². The molecule has 2 heterocycles. The topological polar surface area (TPSA) is 50.9 Å². The van der Waals surface area contributed by atoms with E-state index in [-0.39, 0.29) is 5.41 Å². The van der Waals surface area contributed by atoms with Gasteiger partial charge in [-0.3, -0.25) is 0 Å². The van der Waals surface area contributed by atoms with Gasteiger partial charge in [-0.25, -0.2) is 4.98 Å². The van der Waals surface area contributed by atoms with Crippen LogP contribution >= 0.6 is 11.3 Å². The summed E-state index contributed by atoms with van der Waals surface area (Å²) in [5.74, 6) is 0.974. The van der Waals surface area contributed by atoms with Gasteiger partial charge in [0.1, 0.15) is 5.82 Å². The van der Waals surface area contributed by atoms with Crippen molar-refractivity contribution in [1.82, 2.24) is 4.98 Å². The fraction of sp³-hybridized carbons (Fsp3) is 0.500. The first-order chi connectivity index (χ1) is 8.52. The Morgan fingerprint density at radius 1 is 1.39 bits per heavy atom. The highest BCUT2D eigenvalue weighted by atomic mass is 32.1. The smallest absolute Gasteiger partial charge is 0.134 e. The fourth-order valence-electron chi connectivity index (χ4n) is 2.06. The van der Waals surface area contributed by atoms with Crippen molar-refractivity contribution in [1.29, 1.82) is 0 Å². The summed E-state index contributed by atoms with van der Waals surface area (Å²) in [5, 5.41) is 6.87. The number of nitrogens with two attached hydrogens (primary N) is 1. The standard InChI is InChI=1S/C14H21N3S/c1-14(2,3)12(4-7-15)17-13-10-6-9-18-11(10)5-8-16-13/h5-6,8-9,12H,4,7,15H2,1-3H3,(H,16,17). The van der Waals surface area contributed by atoms with E-state index >= 15 is 0 Å². The number of nitrogens with one attached hydrogen (secondary N) is 1. The lowest BCUT2D eigenvalue weighted by Gasteiger charge is -2.32. The van der Waals surface area contributed by atoms with Crippen LogP contribution in [0, 0.1) is 5.41 Å². The lowest BCUT2D eigenvalue weighted by molar-refractivity contribution is 0.328. The minimum absolute atomic E-state index is 0.166. The zero-order valence-corrected chi connectivity index (χ0v) is 12.1. The molecular formula is C14H21N3S. The van der Waals surface area contributed by atoms with Crippen molar-refractivity contribution in [2.75, 3.05) is 11.9 Å². The molecule has 0 saturated heterocycles. The first-order valence-corrected chi connectivity index (χ1v) is 7.19. The molecule has 0 aliphatic rings. The van der Waals surface area contributed by atoms with Gasteiger partial charge in [-0.15, -0.1) is 11.3 Å². The Balaban J connectivity index is 2.28. The molecule has 4 heteroatoms. The molecule has 2 rings (SSSR count). The van der Waals surface area contributed by atoms with Crippen molar-refractivity contribution < 1.29 is 0 Å². The van der Waals surface area contributed by atoms with Gasteiger partial charge in [0, 0.05) is 22.3 Å². The first-order valence-electron chi connectivity index (χ1n) is 6.31. The first kappa shape index (κ1) is 13.3. The summed E-state index contributed by atoms with van der Waals surface area (Å²) < 4.78 is 1.27. The lowest BCUT2D eigenvalue weighted by atomic mass is 9.84. The number of hydrogen-bond acceptors (Lipinski definition) is 4. The van der Waals surface area contributed by atoms with E-state index in [2.05, 4.69) is 48.6 Å². The minimum Gasteiger partial charge on any atom is -0.366 e. The molecule has 0 saturated carbocycles.